The number of carbonyl (C=O) groups excluding carboxylic acids is 1. The minimum absolute atomic E-state index is 0.0798. The molecule has 0 aromatic carbocycles. The van der Waals surface area contributed by atoms with Gasteiger partial charge in [0.25, 0.3) is 0 Å². The molecule has 4 nitrogen and oxygen atoms in total. The van der Waals surface area contributed by atoms with Gasteiger partial charge in [0, 0.05) is 19.6 Å². The Bertz CT molecular complexity index is 196. The topological polar surface area (TPSA) is 35.6 Å². The van der Waals surface area contributed by atoms with Gasteiger partial charge in [-0.1, -0.05) is 0 Å². The fourth-order valence-electron chi connectivity index (χ4n) is 1.88. The van der Waals surface area contributed by atoms with Gasteiger partial charge in [0.2, 0.25) is 5.91 Å². The van der Waals surface area contributed by atoms with E-state index in [4.69, 9.17) is 0 Å². The van der Waals surface area contributed by atoms with Crippen LogP contribution in [0.2, 0.25) is 0 Å². The van der Waals surface area contributed by atoms with Crippen LogP contribution in [0.3, 0.4) is 0 Å². The van der Waals surface area contributed by atoms with Gasteiger partial charge in [-0.15, -0.1) is 0 Å². The number of amides is 1. The van der Waals surface area contributed by atoms with E-state index in [2.05, 4.69) is 10.2 Å². The molecule has 1 rings (SSSR count). The van der Waals surface area contributed by atoms with Crippen molar-refractivity contribution in [3.63, 3.8) is 0 Å². The van der Waals surface area contributed by atoms with Gasteiger partial charge >= 0.3 is 0 Å². The van der Waals surface area contributed by atoms with Crippen LogP contribution in [0.5, 0.6) is 0 Å². The molecular weight excluding hydrogens is 178 g/mol. The van der Waals surface area contributed by atoms with Gasteiger partial charge in [0.15, 0.2) is 0 Å². The molecule has 1 fully saturated rings. The molecular formula is C10H21N3O. The number of hydrogen-bond acceptors (Lipinski definition) is 3. The zero-order valence-electron chi connectivity index (χ0n) is 9.42. The number of nitrogens with one attached hydrogen (secondary N) is 1. The Morgan fingerprint density at radius 3 is 2.79 bits per heavy atom. The first-order valence-electron chi connectivity index (χ1n) is 5.34. The van der Waals surface area contributed by atoms with Crippen LogP contribution >= 0.6 is 0 Å². The molecule has 4 heteroatoms. The van der Waals surface area contributed by atoms with Crippen LogP contribution in [-0.2, 0) is 4.79 Å². The molecule has 0 aromatic heterocycles. The maximum atomic E-state index is 11.9. The Hall–Kier alpha value is -0.610. The fourth-order valence-corrected chi connectivity index (χ4v) is 1.88. The lowest BCUT2D eigenvalue weighted by Gasteiger charge is -2.38. The highest BCUT2D eigenvalue weighted by atomic mass is 16.2. The van der Waals surface area contributed by atoms with E-state index in [-0.39, 0.29) is 11.9 Å². The van der Waals surface area contributed by atoms with E-state index in [1.165, 1.54) is 0 Å². The van der Waals surface area contributed by atoms with Crippen molar-refractivity contribution in [2.45, 2.75) is 19.4 Å². The summed E-state index contributed by atoms with van der Waals surface area (Å²) in [7, 11) is 3.95. The van der Waals surface area contributed by atoms with E-state index < -0.39 is 0 Å². The molecule has 1 aliphatic rings. The first kappa shape index (κ1) is 11.5. The number of piperazine rings is 1. The van der Waals surface area contributed by atoms with Crippen LogP contribution < -0.4 is 5.32 Å². The number of likely N-dealkylation sites (N-methyl/N-ethyl adjacent to an activating group) is 2. The molecule has 1 N–H and O–H groups in total. The molecule has 0 radical (unpaired) electrons. The molecule has 1 saturated heterocycles. The number of hydrogen-bond donors (Lipinski definition) is 1. The van der Waals surface area contributed by atoms with E-state index >= 15 is 0 Å². The normalized spacial score (nSPS) is 24.4. The molecule has 0 saturated carbocycles. The van der Waals surface area contributed by atoms with Gasteiger partial charge in [-0.3, -0.25) is 9.69 Å². The minimum Gasteiger partial charge on any atom is -0.340 e. The van der Waals surface area contributed by atoms with Crippen LogP contribution in [0, 0.1) is 0 Å². The van der Waals surface area contributed by atoms with Crippen molar-refractivity contribution in [1.29, 1.82) is 0 Å². The monoisotopic (exact) mass is 199 g/mol. The van der Waals surface area contributed by atoms with Crippen LogP contribution in [0.4, 0.5) is 0 Å². The lowest BCUT2D eigenvalue weighted by Crippen LogP contribution is -2.55. The van der Waals surface area contributed by atoms with Crippen molar-refractivity contribution in [3.8, 4) is 0 Å². The molecule has 0 aromatic rings. The Morgan fingerprint density at radius 2 is 2.21 bits per heavy atom. The second-order valence-corrected chi connectivity index (χ2v) is 3.81. The second kappa shape index (κ2) is 5.32. The van der Waals surface area contributed by atoms with Crippen molar-refractivity contribution in [3.05, 3.63) is 0 Å². The third kappa shape index (κ3) is 2.45. The van der Waals surface area contributed by atoms with Gasteiger partial charge in [-0.25, -0.2) is 0 Å². The van der Waals surface area contributed by atoms with Gasteiger partial charge in [-0.05, 0) is 34.0 Å². The van der Waals surface area contributed by atoms with Crippen molar-refractivity contribution < 1.29 is 4.79 Å². The molecule has 1 amide bonds. The summed E-state index contributed by atoms with van der Waals surface area (Å²) in [5.74, 6) is 0.288. The van der Waals surface area contributed by atoms with Crippen LogP contribution in [0.1, 0.15) is 13.3 Å². The molecule has 14 heavy (non-hydrogen) atoms. The second-order valence-electron chi connectivity index (χ2n) is 3.81. The Balaban J connectivity index is 2.54. The summed E-state index contributed by atoms with van der Waals surface area (Å²) in [6, 6.07) is 0.0798. The third-order valence-corrected chi connectivity index (χ3v) is 2.90. The largest absolute Gasteiger partial charge is 0.340 e. The van der Waals surface area contributed by atoms with Gasteiger partial charge < -0.3 is 10.2 Å². The van der Waals surface area contributed by atoms with Crippen LogP contribution in [-0.4, -0.2) is 62.0 Å². The number of rotatable bonds is 4. The maximum absolute atomic E-state index is 11.9. The average molecular weight is 199 g/mol. The molecule has 1 heterocycles. The van der Waals surface area contributed by atoms with Crippen molar-refractivity contribution in [2.75, 3.05) is 40.3 Å². The lowest BCUT2D eigenvalue weighted by molar-refractivity contribution is -0.140. The zero-order valence-corrected chi connectivity index (χ0v) is 9.42. The van der Waals surface area contributed by atoms with Crippen molar-refractivity contribution in [1.82, 2.24) is 15.1 Å². The summed E-state index contributed by atoms with van der Waals surface area (Å²) in [5.41, 5.74) is 0. The minimum atomic E-state index is 0.0798. The summed E-state index contributed by atoms with van der Waals surface area (Å²) in [5, 5.41) is 3.09. The molecule has 1 unspecified atom stereocenters. The Kier molecular flexibility index (Phi) is 4.35. The molecule has 82 valence electrons. The molecule has 0 bridgehead atoms. The summed E-state index contributed by atoms with van der Waals surface area (Å²) in [4.78, 5) is 16.0. The maximum Gasteiger partial charge on any atom is 0.240 e. The molecule has 1 atom stereocenters. The predicted octanol–water partition coefficient (Wildman–Crippen LogP) is -0.242. The van der Waals surface area contributed by atoms with E-state index in [1.807, 2.05) is 25.9 Å². The number of carbonyl (C=O) groups is 1. The zero-order chi connectivity index (χ0) is 10.6. The smallest absolute Gasteiger partial charge is 0.240 e. The highest BCUT2D eigenvalue weighted by molar-refractivity contribution is 5.82. The standard InChI is InChI=1S/C10H21N3O/c1-4-13-8-7-12(3)9(10(13)14)5-6-11-2/h9,11H,4-8H2,1-3H3. The summed E-state index contributed by atoms with van der Waals surface area (Å²) < 4.78 is 0. The van der Waals surface area contributed by atoms with E-state index in [1.54, 1.807) is 0 Å². The van der Waals surface area contributed by atoms with E-state index in [0.717, 1.165) is 32.6 Å². The van der Waals surface area contributed by atoms with Crippen LogP contribution in [0.25, 0.3) is 0 Å². The summed E-state index contributed by atoms with van der Waals surface area (Å²) in [6.45, 7) is 5.65. The van der Waals surface area contributed by atoms with Crippen LogP contribution in [0.15, 0.2) is 0 Å². The molecule has 1 aliphatic heterocycles. The third-order valence-electron chi connectivity index (χ3n) is 2.90. The summed E-state index contributed by atoms with van der Waals surface area (Å²) >= 11 is 0. The van der Waals surface area contributed by atoms with Gasteiger partial charge in [0.05, 0.1) is 6.04 Å². The van der Waals surface area contributed by atoms with E-state index in [0.29, 0.717) is 0 Å². The average Bonchev–Trinajstić information content (AvgIpc) is 2.18. The first-order chi connectivity index (χ1) is 6.70. The van der Waals surface area contributed by atoms with Crippen molar-refractivity contribution >= 4 is 5.91 Å². The SMILES string of the molecule is CCN1CCN(C)C(CCNC)C1=O. The first-order valence-corrected chi connectivity index (χ1v) is 5.34. The van der Waals surface area contributed by atoms with Gasteiger partial charge in [-0.2, -0.15) is 0 Å². The molecule has 0 spiro atoms. The quantitative estimate of drug-likeness (QED) is 0.678. The predicted molar refractivity (Wildman–Crippen MR) is 57.2 cm³/mol. The van der Waals surface area contributed by atoms with Crippen molar-refractivity contribution in [2.24, 2.45) is 0 Å². The Morgan fingerprint density at radius 1 is 1.50 bits per heavy atom. The summed E-state index contributed by atoms with van der Waals surface area (Å²) in [6.07, 6.45) is 0.905. The van der Waals surface area contributed by atoms with E-state index in [9.17, 15) is 4.79 Å². The van der Waals surface area contributed by atoms with Gasteiger partial charge in [0.1, 0.15) is 0 Å². The Labute approximate surface area is 86.2 Å². The highest BCUT2D eigenvalue weighted by Gasteiger charge is 2.30. The fraction of sp³-hybridized carbons (Fsp3) is 0.900. The number of nitrogens with zero attached hydrogens (tertiary/aromatic N) is 2. The lowest BCUT2D eigenvalue weighted by atomic mass is 10.1. The molecule has 0 aliphatic carbocycles. The highest BCUT2D eigenvalue weighted by Crippen LogP contribution is 2.11.